The number of hydrogen-bond acceptors (Lipinski definition) is 3. The van der Waals surface area contributed by atoms with Gasteiger partial charge in [0.25, 0.3) is 0 Å². The first-order valence-corrected chi connectivity index (χ1v) is 6.69. The molecule has 0 aromatic heterocycles. The number of likely N-dealkylation sites (tertiary alicyclic amines) is 1. The molecule has 0 amide bonds. The molecule has 0 aliphatic carbocycles. The van der Waals surface area contributed by atoms with Crippen LogP contribution in [0, 0.1) is 5.92 Å². The van der Waals surface area contributed by atoms with Crippen LogP contribution in [0.3, 0.4) is 0 Å². The quantitative estimate of drug-likeness (QED) is 0.783. The smallest absolute Gasteiger partial charge is 0.302 e. The van der Waals surface area contributed by atoms with Gasteiger partial charge in [-0.05, 0) is 12.0 Å². The van der Waals surface area contributed by atoms with Crippen LogP contribution in [0.4, 0.5) is 4.39 Å². The predicted molar refractivity (Wildman–Crippen MR) is 71.4 cm³/mol. The molecule has 0 unspecified atom stereocenters. The van der Waals surface area contributed by atoms with Crippen LogP contribution in [-0.4, -0.2) is 36.7 Å². The molecular weight excluding hydrogens is 245 g/mol. The Balaban J connectivity index is 1.88. The van der Waals surface area contributed by atoms with E-state index in [1.807, 2.05) is 18.2 Å². The molecule has 3 nitrogen and oxygen atoms in total. The summed E-state index contributed by atoms with van der Waals surface area (Å²) in [4.78, 5) is 13.0. The highest BCUT2D eigenvalue weighted by molar-refractivity contribution is 5.65. The van der Waals surface area contributed by atoms with Gasteiger partial charge >= 0.3 is 5.97 Å². The highest BCUT2D eigenvalue weighted by Crippen LogP contribution is 2.22. The molecule has 1 aromatic carbocycles. The number of halogens is 1. The zero-order valence-electron chi connectivity index (χ0n) is 11.2. The monoisotopic (exact) mass is 265 g/mol. The van der Waals surface area contributed by atoms with E-state index in [9.17, 15) is 9.18 Å². The largest absolute Gasteiger partial charge is 0.465 e. The number of rotatable bonds is 4. The Bertz CT molecular complexity index is 410. The highest BCUT2D eigenvalue weighted by atomic mass is 19.1. The van der Waals surface area contributed by atoms with E-state index in [0.717, 1.165) is 13.1 Å². The van der Waals surface area contributed by atoms with Crippen LogP contribution in [-0.2, 0) is 16.1 Å². The summed E-state index contributed by atoms with van der Waals surface area (Å²) in [6, 6.07) is 10.1. The molecule has 2 rings (SSSR count). The molecule has 104 valence electrons. The Hall–Kier alpha value is -1.42. The molecule has 1 aliphatic rings. The van der Waals surface area contributed by atoms with Gasteiger partial charge in [-0.15, -0.1) is 0 Å². The topological polar surface area (TPSA) is 29.5 Å². The van der Waals surface area contributed by atoms with Crippen molar-refractivity contribution in [3.05, 3.63) is 35.9 Å². The molecule has 1 saturated heterocycles. The summed E-state index contributed by atoms with van der Waals surface area (Å²) in [5, 5.41) is 0. The zero-order valence-corrected chi connectivity index (χ0v) is 11.2. The second kappa shape index (κ2) is 6.66. The first-order valence-electron chi connectivity index (χ1n) is 6.69. The fraction of sp³-hybridized carbons (Fsp3) is 0.533. The molecule has 1 fully saturated rings. The van der Waals surface area contributed by atoms with Crippen molar-refractivity contribution in [1.29, 1.82) is 0 Å². The van der Waals surface area contributed by atoms with E-state index >= 15 is 0 Å². The van der Waals surface area contributed by atoms with Crippen molar-refractivity contribution in [1.82, 2.24) is 4.90 Å². The van der Waals surface area contributed by atoms with Crippen LogP contribution in [0.2, 0.25) is 0 Å². The predicted octanol–water partition coefficient (Wildman–Crippen LogP) is 2.41. The normalized spacial score (nSPS) is 24.1. The summed E-state index contributed by atoms with van der Waals surface area (Å²) in [7, 11) is 0. The van der Waals surface area contributed by atoms with Crippen LogP contribution >= 0.6 is 0 Å². The van der Waals surface area contributed by atoms with E-state index in [-0.39, 0.29) is 18.5 Å². The first kappa shape index (κ1) is 14.0. The molecule has 1 aliphatic heterocycles. The van der Waals surface area contributed by atoms with Crippen molar-refractivity contribution < 1.29 is 13.9 Å². The number of benzene rings is 1. The van der Waals surface area contributed by atoms with Gasteiger partial charge in [-0.3, -0.25) is 9.69 Å². The van der Waals surface area contributed by atoms with Crippen LogP contribution in [0.1, 0.15) is 18.9 Å². The van der Waals surface area contributed by atoms with Crippen LogP contribution < -0.4 is 0 Å². The number of hydrogen-bond donors (Lipinski definition) is 0. The fourth-order valence-electron chi connectivity index (χ4n) is 2.45. The molecular formula is C15H20FNO2. The van der Waals surface area contributed by atoms with Gasteiger partial charge in [0.1, 0.15) is 6.17 Å². The lowest BCUT2D eigenvalue weighted by molar-refractivity contribution is -0.143. The average Bonchev–Trinajstić information content (AvgIpc) is 2.40. The van der Waals surface area contributed by atoms with E-state index in [1.165, 1.54) is 12.5 Å². The van der Waals surface area contributed by atoms with Gasteiger partial charge in [0.05, 0.1) is 6.61 Å². The number of esters is 1. The maximum atomic E-state index is 13.8. The molecule has 4 heteroatoms. The summed E-state index contributed by atoms with van der Waals surface area (Å²) in [6.45, 7) is 3.76. The number of ether oxygens (including phenoxy) is 1. The first-order chi connectivity index (χ1) is 9.15. The summed E-state index contributed by atoms with van der Waals surface area (Å²) in [6.07, 6.45) is -0.356. The Morgan fingerprint density at radius 1 is 1.42 bits per heavy atom. The van der Waals surface area contributed by atoms with Gasteiger partial charge < -0.3 is 4.74 Å². The number of nitrogens with zero attached hydrogens (tertiary/aromatic N) is 1. The Kier molecular flexibility index (Phi) is 4.91. The SMILES string of the molecule is CC(=O)OC[C@H]1CN(Cc2ccccc2)CC[C@H]1F. The second-order valence-corrected chi connectivity index (χ2v) is 5.09. The van der Waals surface area contributed by atoms with Crippen LogP contribution in [0.15, 0.2) is 30.3 Å². The number of alkyl halides is 1. The van der Waals surface area contributed by atoms with Crippen molar-refractivity contribution in [2.24, 2.45) is 5.92 Å². The Morgan fingerprint density at radius 3 is 2.84 bits per heavy atom. The summed E-state index contributed by atoms with van der Waals surface area (Å²) >= 11 is 0. The Labute approximate surface area is 113 Å². The molecule has 0 radical (unpaired) electrons. The molecule has 2 atom stereocenters. The summed E-state index contributed by atoms with van der Waals surface area (Å²) < 4.78 is 18.7. The Morgan fingerprint density at radius 2 is 2.16 bits per heavy atom. The van der Waals surface area contributed by atoms with E-state index in [4.69, 9.17) is 4.74 Å². The van der Waals surface area contributed by atoms with Crippen molar-refractivity contribution >= 4 is 5.97 Å². The zero-order chi connectivity index (χ0) is 13.7. The average molecular weight is 265 g/mol. The van der Waals surface area contributed by atoms with E-state index in [2.05, 4.69) is 17.0 Å². The lowest BCUT2D eigenvalue weighted by Gasteiger charge is -2.34. The van der Waals surface area contributed by atoms with E-state index in [1.54, 1.807) is 0 Å². The molecule has 0 bridgehead atoms. The third-order valence-corrected chi connectivity index (χ3v) is 3.47. The van der Waals surface area contributed by atoms with Gasteiger partial charge in [0.2, 0.25) is 0 Å². The second-order valence-electron chi connectivity index (χ2n) is 5.09. The van der Waals surface area contributed by atoms with Crippen molar-refractivity contribution in [3.8, 4) is 0 Å². The molecule has 0 N–H and O–H groups in total. The molecule has 0 saturated carbocycles. The van der Waals surface area contributed by atoms with Crippen LogP contribution in [0.25, 0.3) is 0 Å². The fourth-order valence-corrected chi connectivity index (χ4v) is 2.45. The third-order valence-electron chi connectivity index (χ3n) is 3.47. The molecule has 0 spiro atoms. The lowest BCUT2D eigenvalue weighted by atomic mass is 9.96. The minimum absolute atomic E-state index is 0.182. The summed E-state index contributed by atoms with van der Waals surface area (Å²) in [5.41, 5.74) is 1.23. The third kappa shape index (κ3) is 4.31. The van der Waals surface area contributed by atoms with Crippen molar-refractivity contribution in [2.45, 2.75) is 26.1 Å². The van der Waals surface area contributed by atoms with Gasteiger partial charge in [0.15, 0.2) is 0 Å². The van der Waals surface area contributed by atoms with Gasteiger partial charge in [-0.2, -0.15) is 0 Å². The lowest BCUT2D eigenvalue weighted by Crippen LogP contribution is -2.43. The summed E-state index contributed by atoms with van der Waals surface area (Å²) in [5.74, 6) is -0.547. The highest BCUT2D eigenvalue weighted by Gasteiger charge is 2.29. The number of carbonyl (C=O) groups excluding carboxylic acids is 1. The molecule has 1 aromatic rings. The van der Waals surface area contributed by atoms with Gasteiger partial charge in [-0.25, -0.2) is 4.39 Å². The van der Waals surface area contributed by atoms with E-state index in [0.29, 0.717) is 13.0 Å². The van der Waals surface area contributed by atoms with Crippen molar-refractivity contribution in [3.63, 3.8) is 0 Å². The van der Waals surface area contributed by atoms with Gasteiger partial charge in [-0.1, -0.05) is 30.3 Å². The maximum Gasteiger partial charge on any atom is 0.302 e. The van der Waals surface area contributed by atoms with E-state index < -0.39 is 6.17 Å². The van der Waals surface area contributed by atoms with Gasteiger partial charge in [0, 0.05) is 32.5 Å². The molecule has 19 heavy (non-hydrogen) atoms. The number of piperidine rings is 1. The minimum Gasteiger partial charge on any atom is -0.465 e. The molecule has 1 heterocycles. The van der Waals surface area contributed by atoms with Crippen LogP contribution in [0.5, 0.6) is 0 Å². The maximum absolute atomic E-state index is 13.8. The van der Waals surface area contributed by atoms with Crippen molar-refractivity contribution in [2.75, 3.05) is 19.7 Å². The standard InChI is InChI=1S/C15H20FNO2/c1-12(18)19-11-14-10-17(8-7-15(14)16)9-13-5-3-2-4-6-13/h2-6,14-15H,7-11H2,1H3/t14-,15-/m1/s1. The minimum atomic E-state index is -0.869. The number of carbonyl (C=O) groups is 1.